The van der Waals surface area contributed by atoms with E-state index in [4.69, 9.17) is 4.74 Å². The molecule has 1 aliphatic rings. The molecule has 0 atom stereocenters. The van der Waals surface area contributed by atoms with Crippen LogP contribution in [0.5, 0.6) is 5.75 Å². The number of halogens is 1. The Balaban J connectivity index is 1.81. The SMILES string of the molecule is CCOc1ccc(C2=C(Nc3ccc(C)cc3C)C(=O)N(c3cccc(F)c3)C2=O)cc1. The van der Waals surface area contributed by atoms with Gasteiger partial charge in [0.2, 0.25) is 0 Å². The first-order chi connectivity index (χ1) is 15.4. The van der Waals surface area contributed by atoms with Crippen LogP contribution in [-0.4, -0.2) is 18.4 Å². The van der Waals surface area contributed by atoms with Crippen molar-refractivity contribution in [2.45, 2.75) is 20.8 Å². The first kappa shape index (κ1) is 21.3. The van der Waals surface area contributed by atoms with Crippen molar-refractivity contribution in [2.75, 3.05) is 16.8 Å². The minimum absolute atomic E-state index is 0.148. The van der Waals surface area contributed by atoms with E-state index in [1.165, 1.54) is 24.3 Å². The zero-order chi connectivity index (χ0) is 22.8. The highest BCUT2D eigenvalue weighted by molar-refractivity contribution is 6.46. The molecule has 2 amide bonds. The Bertz CT molecular complexity index is 1230. The Morgan fingerprint density at radius 2 is 1.69 bits per heavy atom. The zero-order valence-corrected chi connectivity index (χ0v) is 18.1. The molecule has 0 unspecified atom stereocenters. The molecule has 3 aromatic carbocycles. The van der Waals surface area contributed by atoms with Gasteiger partial charge in [0.1, 0.15) is 17.3 Å². The summed E-state index contributed by atoms with van der Waals surface area (Å²) in [5, 5.41) is 3.16. The molecule has 162 valence electrons. The molecule has 0 radical (unpaired) electrons. The number of imide groups is 1. The lowest BCUT2D eigenvalue weighted by Crippen LogP contribution is -2.32. The van der Waals surface area contributed by atoms with Gasteiger partial charge in [-0.15, -0.1) is 0 Å². The van der Waals surface area contributed by atoms with Gasteiger partial charge in [-0.25, -0.2) is 9.29 Å². The maximum atomic E-state index is 13.9. The predicted molar refractivity (Wildman–Crippen MR) is 123 cm³/mol. The lowest BCUT2D eigenvalue weighted by Gasteiger charge is -2.16. The van der Waals surface area contributed by atoms with Crippen LogP contribution in [0.2, 0.25) is 0 Å². The second-order valence-electron chi connectivity index (χ2n) is 7.58. The number of hydrogen-bond donors (Lipinski definition) is 1. The van der Waals surface area contributed by atoms with Crippen LogP contribution in [0.3, 0.4) is 0 Å². The summed E-state index contributed by atoms with van der Waals surface area (Å²) in [4.78, 5) is 27.8. The maximum absolute atomic E-state index is 13.9. The topological polar surface area (TPSA) is 58.6 Å². The Kier molecular flexibility index (Phi) is 5.77. The number of hydrogen-bond acceptors (Lipinski definition) is 4. The van der Waals surface area contributed by atoms with E-state index in [0.717, 1.165) is 21.7 Å². The maximum Gasteiger partial charge on any atom is 0.282 e. The van der Waals surface area contributed by atoms with Crippen LogP contribution in [0.4, 0.5) is 15.8 Å². The normalized spacial score (nSPS) is 13.7. The van der Waals surface area contributed by atoms with Crippen molar-refractivity contribution < 1.29 is 18.7 Å². The average Bonchev–Trinajstić information content (AvgIpc) is 3.00. The van der Waals surface area contributed by atoms with E-state index < -0.39 is 17.6 Å². The molecule has 0 saturated carbocycles. The number of carbonyl (C=O) groups is 2. The third kappa shape index (κ3) is 3.99. The van der Waals surface area contributed by atoms with Crippen LogP contribution in [0, 0.1) is 19.7 Å². The fourth-order valence-corrected chi connectivity index (χ4v) is 3.74. The molecule has 4 rings (SSSR count). The smallest absolute Gasteiger partial charge is 0.282 e. The molecule has 1 heterocycles. The van der Waals surface area contributed by atoms with Gasteiger partial charge in [-0.3, -0.25) is 9.59 Å². The molecule has 32 heavy (non-hydrogen) atoms. The molecule has 0 aromatic heterocycles. The molecule has 6 heteroatoms. The summed E-state index contributed by atoms with van der Waals surface area (Å²) in [6.45, 7) is 6.32. The first-order valence-electron chi connectivity index (χ1n) is 10.3. The minimum atomic E-state index is -0.538. The van der Waals surface area contributed by atoms with Gasteiger partial charge >= 0.3 is 0 Å². The number of anilines is 2. The zero-order valence-electron chi connectivity index (χ0n) is 18.1. The van der Waals surface area contributed by atoms with Crippen molar-refractivity contribution in [3.05, 3.63) is 94.9 Å². The second kappa shape index (κ2) is 8.67. The van der Waals surface area contributed by atoms with Gasteiger partial charge in [0.25, 0.3) is 11.8 Å². The van der Waals surface area contributed by atoms with E-state index >= 15 is 0 Å². The van der Waals surface area contributed by atoms with Gasteiger partial charge in [0.15, 0.2) is 0 Å². The van der Waals surface area contributed by atoms with Gasteiger partial charge < -0.3 is 10.1 Å². The Morgan fingerprint density at radius 1 is 0.938 bits per heavy atom. The summed E-state index contributed by atoms with van der Waals surface area (Å²) in [6.07, 6.45) is 0. The fourth-order valence-electron chi connectivity index (χ4n) is 3.74. The van der Waals surface area contributed by atoms with Crippen molar-refractivity contribution in [2.24, 2.45) is 0 Å². The van der Waals surface area contributed by atoms with Gasteiger partial charge in [-0.1, -0.05) is 35.9 Å². The molecule has 0 aliphatic carbocycles. The molecule has 3 aromatic rings. The number of ether oxygens (including phenoxy) is 1. The Morgan fingerprint density at radius 3 is 2.34 bits per heavy atom. The number of amides is 2. The quantitative estimate of drug-likeness (QED) is 0.544. The van der Waals surface area contributed by atoms with Crippen LogP contribution in [-0.2, 0) is 9.59 Å². The van der Waals surface area contributed by atoms with Crippen LogP contribution in [0.1, 0.15) is 23.6 Å². The standard InChI is InChI=1S/C26H23FN2O3/c1-4-32-21-11-9-18(10-12-21)23-24(28-22-13-8-16(2)14-17(22)3)26(31)29(25(23)30)20-7-5-6-19(27)15-20/h5-15,28H,4H2,1-3H3. The predicted octanol–water partition coefficient (Wildman–Crippen LogP) is 5.24. The van der Waals surface area contributed by atoms with Crippen LogP contribution >= 0.6 is 0 Å². The number of nitrogens with one attached hydrogen (secondary N) is 1. The average molecular weight is 430 g/mol. The van der Waals surface area contributed by atoms with Crippen molar-refractivity contribution in [1.82, 2.24) is 0 Å². The molecule has 1 aliphatic heterocycles. The van der Waals surface area contributed by atoms with Gasteiger partial charge in [-0.2, -0.15) is 0 Å². The third-order valence-electron chi connectivity index (χ3n) is 5.25. The van der Waals surface area contributed by atoms with E-state index in [2.05, 4.69) is 5.32 Å². The summed E-state index contributed by atoms with van der Waals surface area (Å²) in [7, 11) is 0. The number of benzene rings is 3. The van der Waals surface area contributed by atoms with E-state index in [1.807, 2.05) is 39.0 Å². The molecule has 0 spiro atoms. The highest BCUT2D eigenvalue weighted by Crippen LogP contribution is 2.35. The van der Waals surface area contributed by atoms with Gasteiger partial charge in [-0.05, 0) is 68.3 Å². The van der Waals surface area contributed by atoms with Crippen molar-refractivity contribution >= 4 is 28.8 Å². The summed E-state index contributed by atoms with van der Waals surface area (Å²) < 4.78 is 19.3. The lowest BCUT2D eigenvalue weighted by atomic mass is 10.0. The monoisotopic (exact) mass is 430 g/mol. The molecule has 0 saturated heterocycles. The minimum Gasteiger partial charge on any atom is -0.494 e. The van der Waals surface area contributed by atoms with Crippen LogP contribution in [0.25, 0.3) is 5.57 Å². The summed E-state index contributed by atoms with van der Waals surface area (Å²) in [6, 6.07) is 18.2. The van der Waals surface area contributed by atoms with Gasteiger partial charge in [0.05, 0.1) is 17.9 Å². The van der Waals surface area contributed by atoms with Crippen molar-refractivity contribution in [3.8, 4) is 5.75 Å². The van der Waals surface area contributed by atoms with Crippen molar-refractivity contribution in [3.63, 3.8) is 0 Å². The Labute approximate surface area is 186 Å². The largest absolute Gasteiger partial charge is 0.494 e. The molecule has 0 fully saturated rings. The van der Waals surface area contributed by atoms with E-state index in [1.54, 1.807) is 24.3 Å². The Hall–Kier alpha value is -3.93. The second-order valence-corrected chi connectivity index (χ2v) is 7.58. The highest BCUT2D eigenvalue weighted by Gasteiger charge is 2.40. The summed E-state index contributed by atoms with van der Waals surface area (Å²) >= 11 is 0. The molecular weight excluding hydrogens is 407 g/mol. The molecule has 0 bridgehead atoms. The van der Waals surface area contributed by atoms with Crippen LogP contribution in [0.15, 0.2) is 72.4 Å². The van der Waals surface area contributed by atoms with E-state index in [9.17, 15) is 14.0 Å². The summed E-state index contributed by atoms with van der Waals surface area (Å²) in [5.74, 6) is -0.914. The summed E-state index contributed by atoms with van der Waals surface area (Å²) in [5.41, 5.74) is 3.87. The fraction of sp³-hybridized carbons (Fsp3) is 0.154. The first-order valence-corrected chi connectivity index (χ1v) is 10.3. The lowest BCUT2D eigenvalue weighted by molar-refractivity contribution is -0.120. The molecule has 1 N–H and O–H groups in total. The highest BCUT2D eigenvalue weighted by atomic mass is 19.1. The van der Waals surface area contributed by atoms with Crippen LogP contribution < -0.4 is 15.0 Å². The number of rotatable bonds is 6. The third-order valence-corrected chi connectivity index (χ3v) is 5.25. The van der Waals surface area contributed by atoms with Gasteiger partial charge in [0, 0.05) is 5.69 Å². The number of nitrogens with zero attached hydrogens (tertiary/aromatic N) is 1. The van der Waals surface area contributed by atoms with Crippen molar-refractivity contribution in [1.29, 1.82) is 0 Å². The molecule has 5 nitrogen and oxygen atoms in total. The molecular formula is C26H23FN2O3. The number of aryl methyl sites for hydroxylation is 2. The number of carbonyl (C=O) groups excluding carboxylic acids is 2. The van der Waals surface area contributed by atoms with E-state index in [-0.39, 0.29) is 17.0 Å². The van der Waals surface area contributed by atoms with E-state index in [0.29, 0.717) is 17.9 Å².